The minimum Gasteiger partial charge on any atom is -0.298 e. The quantitative estimate of drug-likeness (QED) is 0.595. The largest absolute Gasteiger partial charge is 0.298 e. The lowest BCUT2D eigenvalue weighted by Crippen LogP contribution is -2.21. The van der Waals surface area contributed by atoms with E-state index in [1.165, 1.54) is 27.8 Å². The van der Waals surface area contributed by atoms with Gasteiger partial charge in [0.25, 0.3) is 0 Å². The first-order valence-corrected chi connectivity index (χ1v) is 10.8. The molecule has 0 saturated carbocycles. The summed E-state index contributed by atoms with van der Waals surface area (Å²) in [7, 11) is 0. The standard InChI is InChI=1S/C26H33NO/c1-6-18-10-12-21(13-11-18)25-16-24(26(27-25)17(5)28)22-14-19(7-2)23(9-4)20(8-3)15-22/h10-15,24,26H,6-9,16H2,1-5H3. The lowest BCUT2D eigenvalue weighted by molar-refractivity contribution is -0.118. The summed E-state index contributed by atoms with van der Waals surface area (Å²) in [5, 5.41) is 0. The van der Waals surface area contributed by atoms with Crippen LogP contribution >= 0.6 is 0 Å². The highest BCUT2D eigenvalue weighted by Crippen LogP contribution is 2.36. The third kappa shape index (κ3) is 3.97. The first-order chi connectivity index (χ1) is 13.5. The third-order valence-electron chi connectivity index (χ3n) is 6.20. The number of aryl methyl sites for hydroxylation is 3. The molecule has 2 aromatic carbocycles. The smallest absolute Gasteiger partial charge is 0.154 e. The second-order valence-electron chi connectivity index (χ2n) is 7.87. The number of aliphatic imine (C=N–C) groups is 1. The van der Waals surface area contributed by atoms with Crippen molar-refractivity contribution < 1.29 is 4.79 Å². The van der Waals surface area contributed by atoms with E-state index in [1.54, 1.807) is 6.92 Å². The van der Waals surface area contributed by atoms with Crippen LogP contribution in [-0.2, 0) is 30.5 Å². The summed E-state index contributed by atoms with van der Waals surface area (Å²) in [6.07, 6.45) is 5.02. The molecule has 2 aromatic rings. The number of hydrogen-bond donors (Lipinski definition) is 0. The molecule has 1 aliphatic heterocycles. The molecule has 0 aliphatic carbocycles. The monoisotopic (exact) mass is 375 g/mol. The molecule has 0 N–H and O–H groups in total. The molecule has 2 nitrogen and oxygen atoms in total. The van der Waals surface area contributed by atoms with Gasteiger partial charge in [-0.05, 0) is 72.4 Å². The molecule has 28 heavy (non-hydrogen) atoms. The number of nitrogens with zero attached hydrogens (tertiary/aromatic N) is 1. The lowest BCUT2D eigenvalue weighted by atomic mass is 9.83. The Hall–Kier alpha value is -2.22. The van der Waals surface area contributed by atoms with E-state index < -0.39 is 0 Å². The fourth-order valence-electron chi connectivity index (χ4n) is 4.55. The van der Waals surface area contributed by atoms with Crippen molar-refractivity contribution in [3.8, 4) is 0 Å². The number of benzene rings is 2. The predicted molar refractivity (Wildman–Crippen MR) is 119 cm³/mol. The van der Waals surface area contributed by atoms with E-state index in [2.05, 4.69) is 64.1 Å². The molecule has 2 unspecified atom stereocenters. The molecule has 3 rings (SSSR count). The van der Waals surface area contributed by atoms with Crippen molar-refractivity contribution >= 4 is 11.5 Å². The second kappa shape index (κ2) is 8.86. The molecule has 0 fully saturated rings. The molecule has 1 heterocycles. The fraction of sp³-hybridized carbons (Fsp3) is 0.462. The van der Waals surface area contributed by atoms with Gasteiger partial charge in [-0.25, -0.2) is 0 Å². The van der Waals surface area contributed by atoms with Crippen LogP contribution in [0.1, 0.15) is 80.3 Å². The van der Waals surface area contributed by atoms with E-state index in [1.807, 2.05) is 0 Å². The molecule has 0 saturated heterocycles. The van der Waals surface area contributed by atoms with Crippen molar-refractivity contribution in [2.24, 2.45) is 4.99 Å². The van der Waals surface area contributed by atoms with Crippen molar-refractivity contribution in [3.05, 3.63) is 69.8 Å². The van der Waals surface area contributed by atoms with Crippen LogP contribution in [0.25, 0.3) is 0 Å². The normalized spacial score (nSPS) is 19.0. The van der Waals surface area contributed by atoms with Crippen LogP contribution in [0.5, 0.6) is 0 Å². The molecule has 0 radical (unpaired) electrons. The molecule has 0 spiro atoms. The summed E-state index contributed by atoms with van der Waals surface area (Å²) in [6.45, 7) is 10.5. The molecule has 2 heteroatoms. The zero-order chi connectivity index (χ0) is 20.3. The van der Waals surface area contributed by atoms with E-state index in [0.717, 1.165) is 43.4 Å². The minimum atomic E-state index is -0.261. The Morgan fingerprint density at radius 3 is 2.00 bits per heavy atom. The summed E-state index contributed by atoms with van der Waals surface area (Å²) in [6, 6.07) is 13.1. The Morgan fingerprint density at radius 2 is 1.54 bits per heavy atom. The molecule has 0 bridgehead atoms. The maximum atomic E-state index is 12.4. The predicted octanol–water partition coefficient (Wildman–Crippen LogP) is 5.87. The maximum Gasteiger partial charge on any atom is 0.154 e. The number of carbonyl (C=O) groups excluding carboxylic acids is 1. The highest BCUT2D eigenvalue weighted by molar-refractivity contribution is 6.05. The third-order valence-corrected chi connectivity index (χ3v) is 6.20. The Labute approximate surface area is 170 Å². The van der Waals surface area contributed by atoms with Gasteiger partial charge < -0.3 is 0 Å². The average Bonchev–Trinajstić information content (AvgIpc) is 3.18. The summed E-state index contributed by atoms with van der Waals surface area (Å²) in [5.74, 6) is 0.320. The number of ketones is 1. The van der Waals surface area contributed by atoms with Crippen LogP contribution in [0, 0.1) is 0 Å². The highest BCUT2D eigenvalue weighted by Gasteiger charge is 2.34. The van der Waals surface area contributed by atoms with Crippen LogP contribution in [0.2, 0.25) is 0 Å². The Balaban J connectivity index is 1.99. The van der Waals surface area contributed by atoms with Crippen molar-refractivity contribution in [2.75, 3.05) is 0 Å². The summed E-state index contributed by atoms with van der Waals surface area (Å²) < 4.78 is 0. The van der Waals surface area contributed by atoms with E-state index >= 15 is 0 Å². The van der Waals surface area contributed by atoms with E-state index in [9.17, 15) is 4.79 Å². The van der Waals surface area contributed by atoms with Gasteiger partial charge in [-0.2, -0.15) is 0 Å². The molecule has 148 valence electrons. The van der Waals surface area contributed by atoms with Gasteiger partial charge in [-0.15, -0.1) is 0 Å². The van der Waals surface area contributed by atoms with Gasteiger partial charge in [-0.3, -0.25) is 9.79 Å². The van der Waals surface area contributed by atoms with Gasteiger partial charge in [0.1, 0.15) is 6.04 Å². The molecular formula is C26H33NO. The van der Waals surface area contributed by atoms with Gasteiger partial charge in [0.15, 0.2) is 5.78 Å². The van der Waals surface area contributed by atoms with Gasteiger partial charge in [-0.1, -0.05) is 64.1 Å². The molecule has 2 atom stereocenters. The van der Waals surface area contributed by atoms with Crippen LogP contribution in [0.3, 0.4) is 0 Å². The van der Waals surface area contributed by atoms with Crippen molar-refractivity contribution in [2.45, 2.75) is 78.7 Å². The SMILES string of the molecule is CCc1ccc(C2=NC(C(C)=O)C(c3cc(CC)c(CC)c(CC)c3)C2)cc1. The van der Waals surface area contributed by atoms with Gasteiger partial charge in [0.2, 0.25) is 0 Å². The zero-order valence-corrected chi connectivity index (χ0v) is 18.0. The van der Waals surface area contributed by atoms with E-state index in [4.69, 9.17) is 4.99 Å². The number of Topliss-reactive ketones (excluding diaryl/α,β-unsaturated/α-hetero) is 1. The molecule has 0 aromatic heterocycles. The average molecular weight is 376 g/mol. The van der Waals surface area contributed by atoms with Crippen molar-refractivity contribution in [1.82, 2.24) is 0 Å². The number of rotatable bonds is 7. The van der Waals surface area contributed by atoms with Gasteiger partial charge in [0, 0.05) is 11.6 Å². The Kier molecular flexibility index (Phi) is 6.49. The highest BCUT2D eigenvalue weighted by atomic mass is 16.1. The summed E-state index contributed by atoms with van der Waals surface area (Å²) in [4.78, 5) is 17.3. The first kappa shape index (κ1) is 20.5. The minimum absolute atomic E-state index is 0.153. The molecule has 1 aliphatic rings. The second-order valence-corrected chi connectivity index (χ2v) is 7.87. The fourth-order valence-corrected chi connectivity index (χ4v) is 4.55. The van der Waals surface area contributed by atoms with Crippen molar-refractivity contribution in [3.63, 3.8) is 0 Å². The van der Waals surface area contributed by atoms with Crippen molar-refractivity contribution in [1.29, 1.82) is 0 Å². The molecule has 0 amide bonds. The van der Waals surface area contributed by atoms with Crippen LogP contribution in [0.4, 0.5) is 0 Å². The Bertz CT molecular complexity index is 851. The first-order valence-electron chi connectivity index (χ1n) is 10.8. The maximum absolute atomic E-state index is 12.4. The van der Waals surface area contributed by atoms with Gasteiger partial charge in [0.05, 0.1) is 0 Å². The van der Waals surface area contributed by atoms with Gasteiger partial charge >= 0.3 is 0 Å². The van der Waals surface area contributed by atoms with Crippen LogP contribution in [-0.4, -0.2) is 17.5 Å². The topological polar surface area (TPSA) is 29.4 Å². The zero-order valence-electron chi connectivity index (χ0n) is 18.0. The van der Waals surface area contributed by atoms with Crippen LogP contribution < -0.4 is 0 Å². The lowest BCUT2D eigenvalue weighted by Gasteiger charge is -2.21. The Morgan fingerprint density at radius 1 is 0.929 bits per heavy atom. The summed E-state index contributed by atoms with van der Waals surface area (Å²) >= 11 is 0. The number of carbonyl (C=O) groups is 1. The molecular weight excluding hydrogens is 342 g/mol. The summed E-state index contributed by atoms with van der Waals surface area (Å²) in [5.41, 5.74) is 9.20. The van der Waals surface area contributed by atoms with E-state index in [0.29, 0.717) is 0 Å². The van der Waals surface area contributed by atoms with Crippen LogP contribution in [0.15, 0.2) is 41.4 Å². The van der Waals surface area contributed by atoms with E-state index in [-0.39, 0.29) is 17.7 Å². The number of hydrogen-bond acceptors (Lipinski definition) is 2.